The summed E-state index contributed by atoms with van der Waals surface area (Å²) in [5, 5.41) is 5.87. The Morgan fingerprint density at radius 1 is 1.02 bits per heavy atom. The Bertz CT molecular complexity index is 1810. The average molecular weight is 587 g/mol. The topological polar surface area (TPSA) is 163 Å². The molecule has 11 nitrogen and oxygen atoms in total. The predicted octanol–water partition coefficient (Wildman–Crippen LogP) is 4.35. The number of imidazole rings is 1. The molecule has 2 aromatic carbocycles. The van der Waals surface area contributed by atoms with E-state index in [0.717, 1.165) is 5.56 Å². The van der Waals surface area contributed by atoms with Crippen molar-refractivity contribution < 1.29 is 23.1 Å². The highest BCUT2D eigenvalue weighted by atomic mass is 19.2. The highest BCUT2D eigenvalue weighted by molar-refractivity contribution is 5.95. The summed E-state index contributed by atoms with van der Waals surface area (Å²) in [7, 11) is 0. The van der Waals surface area contributed by atoms with Crippen LogP contribution in [0.2, 0.25) is 0 Å². The Hall–Kier alpha value is -5.43. The number of carbonyl (C=O) groups excluding carboxylic acids is 2. The molecule has 0 unspecified atom stereocenters. The van der Waals surface area contributed by atoms with Crippen LogP contribution in [0.4, 0.5) is 20.3 Å². The number of halogens is 2. The Morgan fingerprint density at radius 3 is 2.58 bits per heavy atom. The van der Waals surface area contributed by atoms with Gasteiger partial charge in [0.1, 0.15) is 0 Å². The second kappa shape index (κ2) is 12.6. The lowest BCUT2D eigenvalue weighted by molar-refractivity contribution is 0.0951. The molecule has 6 N–H and O–H groups in total. The van der Waals surface area contributed by atoms with Crippen molar-refractivity contribution in [2.75, 3.05) is 18.4 Å². The summed E-state index contributed by atoms with van der Waals surface area (Å²) in [5.74, 6) is -3.23. The number of ether oxygens (including phenoxy) is 1. The molecule has 0 atom stereocenters. The molecular weight excluding hydrogens is 558 g/mol. The summed E-state index contributed by atoms with van der Waals surface area (Å²) in [6, 6.07) is 10.6. The van der Waals surface area contributed by atoms with Gasteiger partial charge in [-0.3, -0.25) is 14.0 Å². The first-order chi connectivity index (χ1) is 20.8. The van der Waals surface area contributed by atoms with Crippen molar-refractivity contribution in [3.05, 3.63) is 95.6 Å². The maximum absolute atomic E-state index is 15.4. The van der Waals surface area contributed by atoms with E-state index in [1.807, 2.05) is 6.92 Å². The monoisotopic (exact) mass is 586 g/mol. The fourth-order valence-electron chi connectivity index (χ4n) is 4.45. The van der Waals surface area contributed by atoms with E-state index in [0.29, 0.717) is 48.6 Å². The number of nitrogens with zero attached hydrogens (tertiary/aromatic N) is 4. The second-order valence-electron chi connectivity index (χ2n) is 9.45. The molecule has 13 heteroatoms. The van der Waals surface area contributed by atoms with Gasteiger partial charge in [0.25, 0.3) is 5.91 Å². The van der Waals surface area contributed by atoms with Crippen LogP contribution < -0.4 is 26.8 Å². The van der Waals surface area contributed by atoms with E-state index >= 15 is 8.78 Å². The van der Waals surface area contributed by atoms with E-state index in [1.54, 1.807) is 28.8 Å². The number of rotatable bonds is 11. The number of primary amides is 1. The Kier molecular flexibility index (Phi) is 8.53. The van der Waals surface area contributed by atoms with Gasteiger partial charge < -0.3 is 26.8 Å². The van der Waals surface area contributed by atoms with Crippen molar-refractivity contribution in [3.8, 4) is 22.9 Å². The molecule has 0 saturated carbocycles. The number of amides is 2. The normalized spacial score (nSPS) is 11.0. The summed E-state index contributed by atoms with van der Waals surface area (Å²) < 4.78 is 37.6. The number of anilines is 2. The fourth-order valence-corrected chi connectivity index (χ4v) is 4.45. The molecule has 0 bridgehead atoms. The molecule has 2 amide bonds. The number of nitrogens with one attached hydrogen (secondary N) is 2. The third kappa shape index (κ3) is 6.11. The van der Waals surface area contributed by atoms with E-state index in [2.05, 4.69) is 25.6 Å². The molecular formula is C30H28F2N8O3. The summed E-state index contributed by atoms with van der Waals surface area (Å²) >= 11 is 0. The van der Waals surface area contributed by atoms with Crippen molar-refractivity contribution in [3.63, 3.8) is 0 Å². The zero-order valence-corrected chi connectivity index (χ0v) is 23.1. The van der Waals surface area contributed by atoms with Crippen LogP contribution in [0.3, 0.4) is 0 Å². The number of fused-ring (bicyclic) bond motifs is 1. The second-order valence-corrected chi connectivity index (χ2v) is 9.45. The van der Waals surface area contributed by atoms with Crippen molar-refractivity contribution in [2.45, 2.75) is 19.8 Å². The highest BCUT2D eigenvalue weighted by Crippen LogP contribution is 2.33. The van der Waals surface area contributed by atoms with Gasteiger partial charge in [-0.15, -0.1) is 0 Å². The lowest BCUT2D eigenvalue weighted by Crippen LogP contribution is -2.25. The number of carbonyl (C=O) groups is 2. The minimum atomic E-state index is -1.22. The van der Waals surface area contributed by atoms with Crippen molar-refractivity contribution in [1.29, 1.82) is 0 Å². The molecule has 0 aliphatic carbocycles. The van der Waals surface area contributed by atoms with Crippen LogP contribution in [-0.4, -0.2) is 44.3 Å². The molecule has 220 valence electrons. The third-order valence-electron chi connectivity index (χ3n) is 6.64. The van der Waals surface area contributed by atoms with E-state index in [-0.39, 0.29) is 34.4 Å². The smallest absolute Gasteiger partial charge is 0.252 e. The predicted molar refractivity (Wildman–Crippen MR) is 156 cm³/mol. The quantitative estimate of drug-likeness (QED) is 0.166. The molecule has 3 aromatic heterocycles. The van der Waals surface area contributed by atoms with Gasteiger partial charge in [0.2, 0.25) is 17.6 Å². The summed E-state index contributed by atoms with van der Waals surface area (Å²) in [6.45, 7) is 2.79. The Labute approximate surface area is 244 Å². The minimum Gasteiger partial charge on any atom is -0.436 e. The maximum atomic E-state index is 15.4. The van der Waals surface area contributed by atoms with Crippen LogP contribution in [0.5, 0.6) is 11.6 Å². The number of benzene rings is 2. The van der Waals surface area contributed by atoms with Gasteiger partial charge in [-0.25, -0.2) is 19.3 Å². The van der Waals surface area contributed by atoms with Gasteiger partial charge in [-0.05, 0) is 61.3 Å². The Morgan fingerprint density at radius 2 is 1.86 bits per heavy atom. The Balaban J connectivity index is 1.37. The van der Waals surface area contributed by atoms with Crippen molar-refractivity contribution >= 4 is 29.0 Å². The molecule has 3 heterocycles. The van der Waals surface area contributed by atoms with E-state index in [1.165, 1.54) is 42.9 Å². The molecule has 0 radical (unpaired) electrons. The SMILES string of the molecule is CCc1cc(Nc2nccn3c(-c4ccc(Oc5ccc(C(=O)NCCCN)cn5)c(F)c4F)cnc23)ccc1C(N)=O. The number of aryl methyl sites for hydroxylation is 1. The van der Waals surface area contributed by atoms with Gasteiger partial charge in [-0.1, -0.05) is 6.92 Å². The largest absolute Gasteiger partial charge is 0.436 e. The zero-order chi connectivity index (χ0) is 30.5. The van der Waals surface area contributed by atoms with E-state index < -0.39 is 17.5 Å². The maximum Gasteiger partial charge on any atom is 0.252 e. The first kappa shape index (κ1) is 29.1. The molecule has 0 saturated heterocycles. The fraction of sp³-hybridized carbons (Fsp3) is 0.167. The van der Waals surface area contributed by atoms with Gasteiger partial charge in [0.15, 0.2) is 23.0 Å². The number of hydrogen-bond donors (Lipinski definition) is 4. The lowest BCUT2D eigenvalue weighted by Gasteiger charge is -2.12. The molecule has 0 aliphatic heterocycles. The first-order valence-electron chi connectivity index (χ1n) is 13.4. The number of hydrogen-bond acceptors (Lipinski definition) is 8. The summed E-state index contributed by atoms with van der Waals surface area (Å²) in [6.07, 6.45) is 7.00. The van der Waals surface area contributed by atoms with Crippen LogP contribution in [0.25, 0.3) is 16.9 Å². The molecule has 0 fully saturated rings. The average Bonchev–Trinajstić information content (AvgIpc) is 3.44. The van der Waals surface area contributed by atoms with Crippen LogP contribution in [0.15, 0.2) is 67.3 Å². The summed E-state index contributed by atoms with van der Waals surface area (Å²) in [5.41, 5.74) is 13.6. The molecule has 43 heavy (non-hydrogen) atoms. The first-order valence-corrected chi connectivity index (χ1v) is 13.4. The lowest BCUT2D eigenvalue weighted by atomic mass is 10.0. The van der Waals surface area contributed by atoms with Crippen LogP contribution >= 0.6 is 0 Å². The van der Waals surface area contributed by atoms with Crippen LogP contribution in [0, 0.1) is 11.6 Å². The van der Waals surface area contributed by atoms with Crippen molar-refractivity contribution in [1.82, 2.24) is 24.7 Å². The van der Waals surface area contributed by atoms with Crippen LogP contribution in [-0.2, 0) is 6.42 Å². The zero-order valence-electron chi connectivity index (χ0n) is 23.1. The third-order valence-corrected chi connectivity index (χ3v) is 6.64. The van der Waals surface area contributed by atoms with Crippen LogP contribution in [0.1, 0.15) is 39.6 Å². The number of aromatic nitrogens is 4. The van der Waals surface area contributed by atoms with Gasteiger partial charge in [0.05, 0.1) is 17.5 Å². The van der Waals surface area contributed by atoms with Crippen molar-refractivity contribution in [2.24, 2.45) is 11.5 Å². The molecule has 5 rings (SSSR count). The molecule has 5 aromatic rings. The minimum absolute atomic E-state index is 0.0174. The summed E-state index contributed by atoms with van der Waals surface area (Å²) in [4.78, 5) is 36.6. The number of pyridine rings is 1. The van der Waals surface area contributed by atoms with Gasteiger partial charge in [-0.2, -0.15) is 4.39 Å². The van der Waals surface area contributed by atoms with E-state index in [9.17, 15) is 9.59 Å². The standard InChI is InChI=1S/C30H28F2N8O3/c1-2-17-14-19(5-6-20(17)27(34)41)39-28-29-38-16-22(40(29)13-12-35-28)21-7-8-23(26(32)25(21)31)43-24-9-4-18(15-37-24)30(42)36-11-3-10-33/h4-9,12-16H,2-3,10-11,33H2,1H3,(H2,34,41)(H,35,39)(H,36,42). The molecule has 0 spiro atoms. The van der Waals surface area contributed by atoms with Gasteiger partial charge >= 0.3 is 0 Å². The number of nitrogens with two attached hydrogens (primary N) is 2. The van der Waals surface area contributed by atoms with E-state index in [4.69, 9.17) is 16.2 Å². The molecule has 0 aliphatic rings. The highest BCUT2D eigenvalue weighted by Gasteiger charge is 2.20. The van der Waals surface area contributed by atoms with Gasteiger partial charge in [0, 0.05) is 48.0 Å².